The summed E-state index contributed by atoms with van der Waals surface area (Å²) < 4.78 is 5.94. The fourth-order valence-electron chi connectivity index (χ4n) is 2.29. The molecule has 0 amide bonds. The van der Waals surface area contributed by atoms with Gasteiger partial charge in [0, 0.05) is 31.4 Å². The summed E-state index contributed by atoms with van der Waals surface area (Å²) in [5.74, 6) is 0.582. The van der Waals surface area contributed by atoms with E-state index in [4.69, 9.17) is 4.42 Å². The maximum atomic E-state index is 11.9. The zero-order valence-electron chi connectivity index (χ0n) is 12.0. The fraction of sp³-hybridized carbons (Fsp3) is 0.250. The predicted molar refractivity (Wildman–Crippen MR) is 80.7 cm³/mol. The number of benzene rings is 2. The number of nitrogens with zero attached hydrogens (tertiary/aromatic N) is 2. The monoisotopic (exact) mass is 268 g/mol. The Bertz CT molecular complexity index is 834. The first-order valence-corrected chi connectivity index (χ1v) is 6.49. The number of rotatable bonds is 1. The predicted octanol–water partition coefficient (Wildman–Crippen LogP) is 2.98. The first kappa shape index (κ1) is 12.7. The molecule has 1 aromatic carbocycles. The van der Waals surface area contributed by atoms with Crippen LogP contribution in [0.15, 0.2) is 33.5 Å². The highest BCUT2D eigenvalue weighted by molar-refractivity contribution is 5.81. The lowest BCUT2D eigenvalue weighted by Gasteiger charge is -2.14. The van der Waals surface area contributed by atoms with Crippen molar-refractivity contribution in [3.8, 4) is 11.5 Å². The summed E-state index contributed by atoms with van der Waals surface area (Å²) in [6.45, 7) is 3.66. The van der Waals surface area contributed by atoms with Gasteiger partial charge in [0.1, 0.15) is 11.2 Å². The lowest BCUT2D eigenvalue weighted by Crippen LogP contribution is -2.10. The number of aryl methyl sites for hydroxylation is 1. The van der Waals surface area contributed by atoms with Crippen molar-refractivity contribution in [3.05, 3.63) is 45.6 Å². The molecule has 0 bridgehead atoms. The molecule has 0 saturated carbocycles. The second-order valence-electron chi connectivity index (χ2n) is 5.25. The van der Waals surface area contributed by atoms with Crippen LogP contribution in [0.1, 0.15) is 11.1 Å². The van der Waals surface area contributed by atoms with E-state index in [0.29, 0.717) is 16.9 Å². The third kappa shape index (κ3) is 1.84. The topological polar surface area (TPSA) is 46.3 Å². The van der Waals surface area contributed by atoms with Crippen LogP contribution in [0.25, 0.3) is 22.6 Å². The highest BCUT2D eigenvalue weighted by Gasteiger charge is 2.17. The van der Waals surface area contributed by atoms with E-state index in [1.165, 1.54) is 0 Å². The van der Waals surface area contributed by atoms with Crippen LogP contribution >= 0.6 is 0 Å². The van der Waals surface area contributed by atoms with Crippen LogP contribution in [-0.4, -0.2) is 19.1 Å². The maximum Gasteiger partial charge on any atom is 0.185 e. The van der Waals surface area contributed by atoms with Gasteiger partial charge >= 0.3 is 0 Å². The van der Waals surface area contributed by atoms with Crippen molar-refractivity contribution in [1.29, 1.82) is 0 Å². The van der Waals surface area contributed by atoms with Crippen molar-refractivity contribution in [3.63, 3.8) is 0 Å². The minimum Gasteiger partial charge on any atom is -0.452 e. The second kappa shape index (κ2) is 4.34. The van der Waals surface area contributed by atoms with E-state index < -0.39 is 0 Å². The molecule has 4 nitrogen and oxygen atoms in total. The number of hydrogen-bond donors (Lipinski definition) is 0. The van der Waals surface area contributed by atoms with Gasteiger partial charge in [0.25, 0.3) is 0 Å². The number of fused-ring (bicyclic) bond motifs is 2. The quantitative estimate of drug-likeness (QED) is 0.636. The first-order chi connectivity index (χ1) is 9.47. The molecule has 0 atom stereocenters. The highest BCUT2D eigenvalue weighted by Crippen LogP contribution is 2.30. The molecule has 102 valence electrons. The van der Waals surface area contributed by atoms with Crippen molar-refractivity contribution in [2.75, 3.05) is 19.0 Å². The number of hydrogen-bond acceptors (Lipinski definition) is 4. The van der Waals surface area contributed by atoms with E-state index in [-0.39, 0.29) is 5.43 Å². The Morgan fingerprint density at radius 2 is 1.90 bits per heavy atom. The molecule has 0 unspecified atom stereocenters. The van der Waals surface area contributed by atoms with Gasteiger partial charge in [0.05, 0.1) is 0 Å². The van der Waals surface area contributed by atoms with E-state index in [1.54, 1.807) is 13.0 Å². The van der Waals surface area contributed by atoms with E-state index in [2.05, 4.69) is 4.98 Å². The SMILES string of the molecule is Cc1cc(=O)c(C)c2oc3cc(N(C)C)ccc3nc1-2. The summed E-state index contributed by atoms with van der Waals surface area (Å²) in [7, 11) is 3.95. The molecule has 1 aromatic rings. The molecule has 1 aliphatic carbocycles. The molecule has 0 fully saturated rings. The molecule has 2 aliphatic rings. The summed E-state index contributed by atoms with van der Waals surface area (Å²) in [6.07, 6.45) is 0. The molecule has 20 heavy (non-hydrogen) atoms. The normalized spacial score (nSPS) is 11.2. The summed E-state index contributed by atoms with van der Waals surface area (Å²) in [4.78, 5) is 18.5. The van der Waals surface area contributed by atoms with E-state index in [1.807, 2.05) is 44.1 Å². The van der Waals surface area contributed by atoms with Crippen molar-refractivity contribution >= 4 is 16.8 Å². The number of aromatic nitrogens is 1. The van der Waals surface area contributed by atoms with Gasteiger partial charge in [-0.05, 0) is 37.6 Å². The molecule has 3 rings (SSSR count). The summed E-state index contributed by atoms with van der Waals surface area (Å²) in [6, 6.07) is 7.49. The van der Waals surface area contributed by atoms with Crippen LogP contribution in [0.2, 0.25) is 0 Å². The standard InChI is InChI=1S/C16H16N2O2/c1-9-7-13(19)10(2)16-15(9)17-12-6-5-11(18(3)4)8-14(12)20-16/h5-8H,1-4H3. The lowest BCUT2D eigenvalue weighted by atomic mass is 10.0. The molecular formula is C16H16N2O2. The zero-order chi connectivity index (χ0) is 14.4. The summed E-state index contributed by atoms with van der Waals surface area (Å²) in [5, 5.41) is 0. The molecule has 1 heterocycles. The largest absolute Gasteiger partial charge is 0.452 e. The van der Waals surface area contributed by atoms with Crippen molar-refractivity contribution in [2.24, 2.45) is 0 Å². The van der Waals surface area contributed by atoms with Crippen molar-refractivity contribution in [2.45, 2.75) is 13.8 Å². The molecule has 0 spiro atoms. The van der Waals surface area contributed by atoms with Crippen LogP contribution in [0, 0.1) is 13.8 Å². The van der Waals surface area contributed by atoms with E-state index in [0.717, 1.165) is 22.5 Å². The smallest absolute Gasteiger partial charge is 0.185 e. The van der Waals surface area contributed by atoms with Gasteiger partial charge in [-0.15, -0.1) is 0 Å². The van der Waals surface area contributed by atoms with Gasteiger partial charge in [-0.3, -0.25) is 4.79 Å². The van der Waals surface area contributed by atoms with Crippen LogP contribution in [0.5, 0.6) is 0 Å². The van der Waals surface area contributed by atoms with Gasteiger partial charge in [0.2, 0.25) is 0 Å². The van der Waals surface area contributed by atoms with E-state index >= 15 is 0 Å². The Hall–Kier alpha value is -2.36. The molecule has 0 radical (unpaired) electrons. The number of anilines is 1. The maximum absolute atomic E-state index is 11.9. The Labute approximate surface area is 117 Å². The third-order valence-electron chi connectivity index (χ3n) is 3.55. The second-order valence-corrected chi connectivity index (χ2v) is 5.25. The zero-order valence-corrected chi connectivity index (χ0v) is 12.0. The molecule has 0 saturated heterocycles. The van der Waals surface area contributed by atoms with Crippen LogP contribution in [-0.2, 0) is 0 Å². The lowest BCUT2D eigenvalue weighted by molar-refractivity contribution is 0.607. The van der Waals surface area contributed by atoms with Gasteiger partial charge in [-0.2, -0.15) is 0 Å². The minimum absolute atomic E-state index is 0.0105. The average Bonchev–Trinajstić information content (AvgIpc) is 2.42. The third-order valence-corrected chi connectivity index (χ3v) is 3.55. The fourth-order valence-corrected chi connectivity index (χ4v) is 2.29. The van der Waals surface area contributed by atoms with Crippen LogP contribution < -0.4 is 10.3 Å². The molecule has 4 heteroatoms. The van der Waals surface area contributed by atoms with Gasteiger partial charge in [0.15, 0.2) is 16.8 Å². The van der Waals surface area contributed by atoms with Crippen LogP contribution in [0.4, 0.5) is 5.69 Å². The Kier molecular flexibility index (Phi) is 2.74. The van der Waals surface area contributed by atoms with Gasteiger partial charge in [-0.1, -0.05) is 0 Å². The molecule has 0 aromatic heterocycles. The van der Waals surface area contributed by atoms with Gasteiger partial charge in [-0.25, -0.2) is 4.98 Å². The Morgan fingerprint density at radius 1 is 1.15 bits per heavy atom. The van der Waals surface area contributed by atoms with Crippen molar-refractivity contribution < 1.29 is 4.42 Å². The Balaban J connectivity index is 2.41. The molecule has 0 N–H and O–H groups in total. The summed E-state index contributed by atoms with van der Waals surface area (Å²) >= 11 is 0. The van der Waals surface area contributed by atoms with E-state index in [9.17, 15) is 4.79 Å². The highest BCUT2D eigenvalue weighted by atomic mass is 16.3. The first-order valence-electron chi connectivity index (χ1n) is 6.49. The van der Waals surface area contributed by atoms with Gasteiger partial charge < -0.3 is 9.32 Å². The average molecular weight is 268 g/mol. The van der Waals surface area contributed by atoms with Crippen LogP contribution in [0.3, 0.4) is 0 Å². The Morgan fingerprint density at radius 3 is 2.60 bits per heavy atom. The van der Waals surface area contributed by atoms with Crippen molar-refractivity contribution in [1.82, 2.24) is 4.98 Å². The summed E-state index contributed by atoms with van der Waals surface area (Å²) in [5.41, 5.74) is 4.72. The molecule has 1 aliphatic heterocycles. The molecular weight excluding hydrogens is 252 g/mol. The minimum atomic E-state index is -0.0105.